The van der Waals surface area contributed by atoms with E-state index in [0.717, 1.165) is 18.5 Å². The van der Waals surface area contributed by atoms with E-state index in [1.54, 1.807) is 0 Å². The zero-order valence-electron chi connectivity index (χ0n) is 10.2. The molecule has 1 fully saturated rings. The van der Waals surface area contributed by atoms with Crippen LogP contribution in [0.15, 0.2) is 17.5 Å². The van der Waals surface area contributed by atoms with E-state index in [1.165, 1.54) is 43.4 Å². The molecule has 1 saturated carbocycles. The first kappa shape index (κ1) is 12.1. The highest BCUT2D eigenvalue weighted by Gasteiger charge is 2.18. The van der Waals surface area contributed by atoms with E-state index < -0.39 is 0 Å². The van der Waals surface area contributed by atoms with Gasteiger partial charge in [0.1, 0.15) is 0 Å². The van der Waals surface area contributed by atoms with Crippen molar-refractivity contribution >= 4 is 11.3 Å². The minimum Gasteiger partial charge on any atom is -0.314 e. The van der Waals surface area contributed by atoms with Crippen molar-refractivity contribution < 1.29 is 0 Å². The summed E-state index contributed by atoms with van der Waals surface area (Å²) in [6.45, 7) is 3.48. The minimum absolute atomic E-state index is 0.794. The van der Waals surface area contributed by atoms with E-state index in [1.807, 2.05) is 11.3 Å². The first-order chi connectivity index (χ1) is 7.88. The van der Waals surface area contributed by atoms with E-state index in [9.17, 15) is 0 Å². The molecular formula is C14H23NS. The van der Waals surface area contributed by atoms with Crippen molar-refractivity contribution in [3.63, 3.8) is 0 Å². The molecule has 0 atom stereocenters. The van der Waals surface area contributed by atoms with Crippen LogP contribution >= 0.6 is 11.3 Å². The van der Waals surface area contributed by atoms with Crippen LogP contribution in [0.2, 0.25) is 0 Å². The number of thiophene rings is 1. The smallest absolute Gasteiger partial charge is 0.00674 e. The lowest BCUT2D eigenvalue weighted by atomic mass is 9.84. The molecule has 16 heavy (non-hydrogen) atoms. The first-order valence-electron chi connectivity index (χ1n) is 6.64. The van der Waals surface area contributed by atoms with Crippen LogP contribution in [-0.2, 0) is 6.42 Å². The molecule has 1 aliphatic carbocycles. The summed E-state index contributed by atoms with van der Waals surface area (Å²) in [6.07, 6.45) is 8.24. The molecule has 0 aliphatic heterocycles. The van der Waals surface area contributed by atoms with Crippen LogP contribution in [0.4, 0.5) is 0 Å². The Kier molecular flexibility index (Phi) is 4.86. The lowest BCUT2D eigenvalue weighted by Crippen LogP contribution is -2.34. The molecule has 0 spiro atoms. The minimum atomic E-state index is 0.794. The van der Waals surface area contributed by atoms with Gasteiger partial charge in [0.05, 0.1) is 0 Å². The first-order valence-corrected chi connectivity index (χ1v) is 7.52. The maximum absolute atomic E-state index is 3.71. The van der Waals surface area contributed by atoms with Crippen LogP contribution in [0.1, 0.15) is 43.9 Å². The van der Waals surface area contributed by atoms with Gasteiger partial charge in [0.15, 0.2) is 0 Å². The molecule has 1 aliphatic rings. The van der Waals surface area contributed by atoms with Gasteiger partial charge in [0, 0.05) is 17.5 Å². The Morgan fingerprint density at radius 3 is 2.75 bits per heavy atom. The number of rotatable bonds is 5. The zero-order valence-corrected chi connectivity index (χ0v) is 11.1. The fourth-order valence-electron chi connectivity index (χ4n) is 2.63. The fraction of sp³-hybridized carbons (Fsp3) is 0.714. The molecule has 90 valence electrons. The highest BCUT2D eigenvalue weighted by Crippen LogP contribution is 2.26. The van der Waals surface area contributed by atoms with Crippen LogP contribution in [0.5, 0.6) is 0 Å². The van der Waals surface area contributed by atoms with Crippen molar-refractivity contribution in [2.75, 3.05) is 6.54 Å². The van der Waals surface area contributed by atoms with Gasteiger partial charge in [0.25, 0.3) is 0 Å². The summed E-state index contributed by atoms with van der Waals surface area (Å²) in [5.74, 6) is 1.01. The number of nitrogens with one attached hydrogen (secondary N) is 1. The van der Waals surface area contributed by atoms with Crippen LogP contribution < -0.4 is 5.32 Å². The summed E-state index contributed by atoms with van der Waals surface area (Å²) in [5.41, 5.74) is 0. The van der Waals surface area contributed by atoms with Gasteiger partial charge < -0.3 is 5.32 Å². The molecule has 1 aromatic rings. The largest absolute Gasteiger partial charge is 0.314 e. The molecule has 2 rings (SSSR count). The molecule has 1 aromatic heterocycles. The third kappa shape index (κ3) is 3.60. The highest BCUT2D eigenvalue weighted by molar-refractivity contribution is 7.09. The topological polar surface area (TPSA) is 12.0 Å². The molecule has 0 amide bonds. The summed E-state index contributed by atoms with van der Waals surface area (Å²) >= 11 is 1.87. The van der Waals surface area contributed by atoms with E-state index in [-0.39, 0.29) is 0 Å². The number of hydrogen-bond donors (Lipinski definition) is 1. The van der Waals surface area contributed by atoms with Gasteiger partial charge in [-0.25, -0.2) is 0 Å². The van der Waals surface area contributed by atoms with Crippen LogP contribution in [0, 0.1) is 5.92 Å². The standard InChI is InChI=1S/C14H23NS/c1-2-12-5-7-13(8-6-12)15-10-9-14-4-3-11-16-14/h3-4,11-13,15H,2,5-10H2,1H3. The third-order valence-electron chi connectivity index (χ3n) is 3.81. The molecule has 1 heterocycles. The zero-order chi connectivity index (χ0) is 11.2. The van der Waals surface area contributed by atoms with Crippen molar-refractivity contribution in [3.8, 4) is 0 Å². The molecule has 1 nitrogen and oxygen atoms in total. The van der Waals surface area contributed by atoms with Crippen LogP contribution in [0.25, 0.3) is 0 Å². The van der Waals surface area contributed by atoms with Crippen molar-refractivity contribution in [2.24, 2.45) is 5.92 Å². The SMILES string of the molecule is CCC1CCC(NCCc2cccs2)CC1. The van der Waals surface area contributed by atoms with Gasteiger partial charge in [-0.3, -0.25) is 0 Å². The third-order valence-corrected chi connectivity index (χ3v) is 4.74. The predicted molar refractivity (Wildman–Crippen MR) is 72.1 cm³/mol. The molecule has 1 N–H and O–H groups in total. The second-order valence-corrected chi connectivity index (χ2v) is 5.94. The Morgan fingerprint density at radius 2 is 2.12 bits per heavy atom. The molecule has 2 heteroatoms. The lowest BCUT2D eigenvalue weighted by Gasteiger charge is -2.28. The van der Waals surface area contributed by atoms with Gasteiger partial charge in [0.2, 0.25) is 0 Å². The molecule has 0 aromatic carbocycles. The van der Waals surface area contributed by atoms with Gasteiger partial charge in [-0.1, -0.05) is 19.4 Å². The normalized spacial score (nSPS) is 25.8. The summed E-state index contributed by atoms with van der Waals surface area (Å²) in [7, 11) is 0. The molecule has 0 bridgehead atoms. The van der Waals surface area contributed by atoms with Crippen LogP contribution in [0.3, 0.4) is 0 Å². The Balaban J connectivity index is 1.60. The Hall–Kier alpha value is -0.340. The quantitative estimate of drug-likeness (QED) is 0.820. The average Bonchev–Trinajstić information content (AvgIpc) is 2.83. The van der Waals surface area contributed by atoms with E-state index >= 15 is 0 Å². The lowest BCUT2D eigenvalue weighted by molar-refractivity contribution is 0.287. The van der Waals surface area contributed by atoms with Crippen molar-refractivity contribution in [2.45, 2.75) is 51.5 Å². The molecule has 0 unspecified atom stereocenters. The fourth-order valence-corrected chi connectivity index (χ4v) is 3.34. The molecular weight excluding hydrogens is 214 g/mol. The van der Waals surface area contributed by atoms with E-state index in [2.05, 4.69) is 29.8 Å². The molecule has 0 saturated heterocycles. The second kappa shape index (κ2) is 6.41. The second-order valence-electron chi connectivity index (χ2n) is 4.91. The maximum atomic E-state index is 3.71. The Labute approximate surface area is 103 Å². The molecule has 0 radical (unpaired) electrons. The number of hydrogen-bond acceptors (Lipinski definition) is 2. The predicted octanol–water partition coefficient (Wildman–Crippen LogP) is 3.85. The van der Waals surface area contributed by atoms with Crippen molar-refractivity contribution in [1.82, 2.24) is 5.32 Å². The maximum Gasteiger partial charge on any atom is 0.00674 e. The van der Waals surface area contributed by atoms with E-state index in [0.29, 0.717) is 0 Å². The average molecular weight is 237 g/mol. The summed E-state index contributed by atoms with van der Waals surface area (Å²) in [6, 6.07) is 5.18. The van der Waals surface area contributed by atoms with Crippen molar-refractivity contribution in [3.05, 3.63) is 22.4 Å². The van der Waals surface area contributed by atoms with Gasteiger partial charge >= 0.3 is 0 Å². The monoisotopic (exact) mass is 237 g/mol. The van der Waals surface area contributed by atoms with Gasteiger partial charge in [-0.05, 0) is 49.5 Å². The summed E-state index contributed by atoms with van der Waals surface area (Å²) < 4.78 is 0. The van der Waals surface area contributed by atoms with E-state index in [4.69, 9.17) is 0 Å². The highest BCUT2D eigenvalue weighted by atomic mass is 32.1. The van der Waals surface area contributed by atoms with Crippen LogP contribution in [-0.4, -0.2) is 12.6 Å². The summed E-state index contributed by atoms with van der Waals surface area (Å²) in [5, 5.41) is 5.88. The van der Waals surface area contributed by atoms with Gasteiger partial charge in [-0.15, -0.1) is 11.3 Å². The summed E-state index contributed by atoms with van der Waals surface area (Å²) in [4.78, 5) is 1.51. The van der Waals surface area contributed by atoms with Crippen molar-refractivity contribution in [1.29, 1.82) is 0 Å². The Morgan fingerprint density at radius 1 is 1.31 bits per heavy atom. The van der Waals surface area contributed by atoms with Gasteiger partial charge in [-0.2, -0.15) is 0 Å². The Bertz CT molecular complexity index is 273.